The van der Waals surface area contributed by atoms with E-state index in [1.54, 1.807) is 0 Å². The van der Waals surface area contributed by atoms with Crippen LogP contribution in [0, 0.1) is 0 Å². The summed E-state index contributed by atoms with van der Waals surface area (Å²) in [6.45, 7) is 5.47. The second-order valence-corrected chi connectivity index (χ2v) is 5.62. The molecule has 1 saturated heterocycles. The molecule has 0 N–H and O–H groups in total. The van der Waals surface area contributed by atoms with Crippen LogP contribution in [0.3, 0.4) is 0 Å². The van der Waals surface area contributed by atoms with Gasteiger partial charge in [-0.15, -0.1) is 0 Å². The lowest BCUT2D eigenvalue weighted by Crippen LogP contribution is -2.64. The number of nitrogens with zero attached hydrogens (tertiary/aromatic N) is 1. The molecular formula is C12H17NO3. The van der Waals surface area contributed by atoms with E-state index < -0.39 is 11.7 Å². The minimum atomic E-state index is -0.522. The number of hydrogen-bond acceptors (Lipinski definition) is 3. The van der Waals surface area contributed by atoms with E-state index in [9.17, 15) is 9.59 Å². The average Bonchev–Trinajstić information content (AvgIpc) is 1.95. The number of rotatable bonds is 0. The second kappa shape index (κ2) is 3.36. The summed E-state index contributed by atoms with van der Waals surface area (Å²) in [4.78, 5) is 24.1. The first-order valence-corrected chi connectivity index (χ1v) is 5.65. The Bertz CT molecular complexity index is 370. The summed E-state index contributed by atoms with van der Waals surface area (Å²) in [5.41, 5.74) is -0.199. The first-order valence-electron chi connectivity index (χ1n) is 5.65. The monoisotopic (exact) mass is 223 g/mol. The smallest absolute Gasteiger partial charge is 0.415 e. The Morgan fingerprint density at radius 2 is 2.06 bits per heavy atom. The molecule has 0 aromatic rings. The van der Waals surface area contributed by atoms with Crippen molar-refractivity contribution in [3.63, 3.8) is 0 Å². The summed E-state index contributed by atoms with van der Waals surface area (Å²) in [7, 11) is 0. The Labute approximate surface area is 95.2 Å². The molecule has 1 spiro atoms. The molecule has 0 bridgehead atoms. The number of carbonyl (C=O) groups excluding carboxylic acids is 2. The second-order valence-electron chi connectivity index (χ2n) is 5.62. The molecule has 0 radical (unpaired) electrons. The average molecular weight is 223 g/mol. The molecule has 0 unspecified atom stereocenters. The largest absolute Gasteiger partial charge is 0.443 e. The highest BCUT2D eigenvalue weighted by Gasteiger charge is 2.56. The number of likely N-dealkylation sites (tertiary alicyclic amines) is 1. The fourth-order valence-electron chi connectivity index (χ4n) is 2.34. The highest BCUT2D eigenvalue weighted by Crippen LogP contribution is 2.52. The maximum Gasteiger partial charge on any atom is 0.415 e. The van der Waals surface area contributed by atoms with E-state index in [2.05, 4.69) is 0 Å². The highest BCUT2D eigenvalue weighted by molar-refractivity contribution is 5.78. The van der Waals surface area contributed by atoms with E-state index in [1.807, 2.05) is 26.7 Å². The van der Waals surface area contributed by atoms with Gasteiger partial charge in [0.15, 0.2) is 0 Å². The van der Waals surface area contributed by atoms with Crippen molar-refractivity contribution in [2.75, 3.05) is 0 Å². The lowest BCUT2D eigenvalue weighted by atomic mass is 9.67. The van der Waals surface area contributed by atoms with Crippen molar-refractivity contribution < 1.29 is 14.3 Å². The van der Waals surface area contributed by atoms with Crippen molar-refractivity contribution in [1.29, 1.82) is 0 Å². The van der Waals surface area contributed by atoms with Crippen LogP contribution < -0.4 is 0 Å². The first-order chi connectivity index (χ1) is 7.38. The van der Waals surface area contributed by atoms with E-state index in [-0.39, 0.29) is 5.54 Å². The molecule has 2 aliphatic rings. The third-order valence-corrected chi connectivity index (χ3v) is 3.22. The summed E-state index contributed by atoms with van der Waals surface area (Å²) < 4.78 is 5.29. The van der Waals surface area contributed by atoms with Gasteiger partial charge in [-0.05, 0) is 40.0 Å². The van der Waals surface area contributed by atoms with Gasteiger partial charge in [-0.3, -0.25) is 4.90 Å². The Morgan fingerprint density at radius 3 is 2.44 bits per heavy atom. The van der Waals surface area contributed by atoms with Gasteiger partial charge in [-0.1, -0.05) is 0 Å². The van der Waals surface area contributed by atoms with Crippen LogP contribution in [0.1, 0.15) is 46.5 Å². The topological polar surface area (TPSA) is 46.6 Å². The molecule has 1 aliphatic heterocycles. The van der Waals surface area contributed by atoms with Gasteiger partial charge in [-0.25, -0.2) is 9.59 Å². The van der Waals surface area contributed by atoms with Crippen LogP contribution in [-0.2, 0) is 9.53 Å². The van der Waals surface area contributed by atoms with Crippen LogP contribution in [0.15, 0.2) is 5.70 Å². The fourth-order valence-corrected chi connectivity index (χ4v) is 2.34. The maximum absolute atomic E-state index is 11.9. The van der Waals surface area contributed by atoms with Gasteiger partial charge in [0, 0.05) is 6.42 Å². The molecule has 0 atom stereocenters. The minimum absolute atomic E-state index is 0.116. The van der Waals surface area contributed by atoms with Crippen LogP contribution in [0.2, 0.25) is 0 Å². The Balaban J connectivity index is 2.12. The zero-order valence-electron chi connectivity index (χ0n) is 10.0. The molecule has 4 nitrogen and oxygen atoms in total. The van der Waals surface area contributed by atoms with E-state index >= 15 is 0 Å². The van der Waals surface area contributed by atoms with Crippen LogP contribution >= 0.6 is 0 Å². The molecule has 0 aromatic carbocycles. The number of carbonyl (C=O) groups is 1. The molecule has 16 heavy (non-hydrogen) atoms. The third-order valence-electron chi connectivity index (χ3n) is 3.22. The molecule has 0 aromatic heterocycles. The molecular weight excluding hydrogens is 206 g/mol. The van der Waals surface area contributed by atoms with Crippen molar-refractivity contribution in [2.45, 2.75) is 57.6 Å². The molecule has 1 aliphatic carbocycles. The van der Waals surface area contributed by atoms with Crippen molar-refractivity contribution in [3.8, 4) is 0 Å². The van der Waals surface area contributed by atoms with Crippen molar-refractivity contribution in [3.05, 3.63) is 5.70 Å². The number of amides is 1. The normalized spacial score (nSPS) is 22.2. The Morgan fingerprint density at radius 1 is 1.44 bits per heavy atom. The number of hydrogen-bond donors (Lipinski definition) is 0. The van der Waals surface area contributed by atoms with E-state index in [4.69, 9.17) is 4.74 Å². The molecule has 2 fully saturated rings. The lowest BCUT2D eigenvalue weighted by molar-refractivity contribution is -0.0478. The summed E-state index contributed by atoms with van der Waals surface area (Å²) >= 11 is 0. The van der Waals surface area contributed by atoms with E-state index in [0.29, 0.717) is 12.1 Å². The van der Waals surface area contributed by atoms with Gasteiger partial charge in [0.25, 0.3) is 0 Å². The third kappa shape index (κ3) is 1.63. The van der Waals surface area contributed by atoms with Gasteiger partial charge in [-0.2, -0.15) is 0 Å². The quantitative estimate of drug-likeness (QED) is 0.592. The molecule has 1 amide bonds. The van der Waals surface area contributed by atoms with E-state index in [1.165, 1.54) is 4.90 Å². The molecule has 88 valence electrons. The Kier molecular flexibility index (Phi) is 2.35. The summed E-state index contributed by atoms with van der Waals surface area (Å²) in [5.74, 6) is 1.83. The zero-order valence-corrected chi connectivity index (χ0v) is 10.0. The molecule has 4 heteroatoms. The highest BCUT2D eigenvalue weighted by atomic mass is 16.6. The predicted molar refractivity (Wildman–Crippen MR) is 58.5 cm³/mol. The Hall–Kier alpha value is -1.28. The molecule has 2 rings (SSSR count). The zero-order chi connectivity index (χ0) is 12.0. The standard InChI is InChI=1S/C12H17NO3/c1-11(2,3)16-10(15)13-9(8-14)7-12(13)5-4-6-12/h4-7H2,1-3H3. The molecule has 1 heterocycles. The van der Waals surface area contributed by atoms with Gasteiger partial charge < -0.3 is 4.74 Å². The first kappa shape index (κ1) is 11.2. The SMILES string of the molecule is CC(C)(C)OC(=O)N1C(=C=O)CC12CCC2. The summed E-state index contributed by atoms with van der Waals surface area (Å²) in [6, 6.07) is 0. The maximum atomic E-state index is 11.9. The van der Waals surface area contributed by atoms with Gasteiger partial charge >= 0.3 is 6.09 Å². The van der Waals surface area contributed by atoms with E-state index in [0.717, 1.165) is 19.3 Å². The minimum Gasteiger partial charge on any atom is -0.443 e. The fraction of sp³-hybridized carbons (Fsp3) is 0.750. The molecule has 1 saturated carbocycles. The van der Waals surface area contributed by atoms with Crippen molar-refractivity contribution >= 4 is 12.0 Å². The predicted octanol–water partition coefficient (Wildman–Crippen LogP) is 2.27. The summed E-state index contributed by atoms with van der Waals surface area (Å²) in [5, 5.41) is 0. The van der Waals surface area contributed by atoms with Gasteiger partial charge in [0.05, 0.1) is 5.54 Å². The van der Waals surface area contributed by atoms with Crippen molar-refractivity contribution in [1.82, 2.24) is 4.90 Å². The van der Waals surface area contributed by atoms with Crippen LogP contribution in [0.5, 0.6) is 0 Å². The van der Waals surface area contributed by atoms with Crippen LogP contribution in [0.4, 0.5) is 4.79 Å². The van der Waals surface area contributed by atoms with Crippen LogP contribution in [-0.4, -0.2) is 28.1 Å². The van der Waals surface area contributed by atoms with Crippen LogP contribution in [0.25, 0.3) is 0 Å². The summed E-state index contributed by atoms with van der Waals surface area (Å²) in [6.07, 6.45) is 3.33. The lowest BCUT2D eigenvalue weighted by Gasteiger charge is -2.57. The van der Waals surface area contributed by atoms with Gasteiger partial charge in [0.1, 0.15) is 17.2 Å². The number of ether oxygens (including phenoxy) is 1. The van der Waals surface area contributed by atoms with Crippen molar-refractivity contribution in [2.24, 2.45) is 0 Å². The van der Waals surface area contributed by atoms with Gasteiger partial charge in [0.2, 0.25) is 0 Å².